The van der Waals surface area contributed by atoms with Crippen LogP contribution in [0.5, 0.6) is 0 Å². The summed E-state index contributed by atoms with van der Waals surface area (Å²) in [5.74, 6) is -4.86. The first-order valence-corrected chi connectivity index (χ1v) is 13.1. The van der Waals surface area contributed by atoms with Crippen LogP contribution in [0.1, 0.15) is 57.8 Å². The average molecular weight is 543 g/mol. The molecule has 39 heavy (non-hydrogen) atoms. The molecule has 0 aromatic heterocycles. The first-order valence-electron chi connectivity index (χ1n) is 13.1. The molecule has 3 fully saturated rings. The summed E-state index contributed by atoms with van der Waals surface area (Å²) in [6, 6.07) is 8.02. The van der Waals surface area contributed by atoms with Gasteiger partial charge in [0.2, 0.25) is 11.6 Å². The summed E-state index contributed by atoms with van der Waals surface area (Å²) in [4.78, 5) is 54.1. The van der Waals surface area contributed by atoms with Crippen molar-refractivity contribution in [3.05, 3.63) is 47.0 Å². The van der Waals surface area contributed by atoms with Gasteiger partial charge in [0.1, 0.15) is 17.8 Å². The van der Waals surface area contributed by atoms with Crippen molar-refractivity contribution < 1.29 is 48.7 Å². The van der Waals surface area contributed by atoms with E-state index in [9.17, 15) is 34.5 Å². The molecule has 3 aliphatic carbocycles. The van der Waals surface area contributed by atoms with E-state index in [1.165, 1.54) is 32.9 Å². The van der Waals surface area contributed by atoms with E-state index in [1.807, 2.05) is 0 Å². The number of carbonyl (C=O) groups is 4. The second-order valence-electron chi connectivity index (χ2n) is 12.0. The van der Waals surface area contributed by atoms with Gasteiger partial charge in [0, 0.05) is 30.8 Å². The Bertz CT molecular complexity index is 1280. The van der Waals surface area contributed by atoms with Gasteiger partial charge in [-0.1, -0.05) is 32.0 Å². The number of hydrogen-bond donors (Lipinski definition) is 3. The Balaban J connectivity index is 1.82. The van der Waals surface area contributed by atoms with Gasteiger partial charge in [0.25, 0.3) is 0 Å². The zero-order valence-electron chi connectivity index (χ0n) is 22.6. The van der Waals surface area contributed by atoms with Gasteiger partial charge in [-0.05, 0) is 31.6 Å². The molecular weight excluding hydrogens is 508 g/mol. The third-order valence-electron chi connectivity index (χ3n) is 9.74. The van der Waals surface area contributed by atoms with Crippen molar-refractivity contribution in [1.82, 2.24) is 0 Å². The lowest BCUT2D eigenvalue weighted by Crippen LogP contribution is -2.81. The number of aliphatic hydroxyl groups excluding tert-OH is 2. The van der Waals surface area contributed by atoms with Crippen LogP contribution in [0.25, 0.3) is 0 Å². The third kappa shape index (κ3) is 3.54. The van der Waals surface area contributed by atoms with E-state index in [-0.39, 0.29) is 36.2 Å². The monoisotopic (exact) mass is 542 g/mol. The topological polar surface area (TPSA) is 157 Å². The number of Topliss-reactive ketones (excluding diaryl/α,β-unsaturated/α-hetero) is 2. The molecule has 1 unspecified atom stereocenters. The molecule has 8 atom stereocenters. The van der Waals surface area contributed by atoms with Gasteiger partial charge in [-0.3, -0.25) is 14.4 Å². The number of ether oxygens (including phenoxy) is 3. The molecule has 10 heteroatoms. The predicted octanol–water partition coefficient (Wildman–Crippen LogP) is 1.29. The Hall–Kier alpha value is -2.92. The first-order chi connectivity index (χ1) is 18.1. The summed E-state index contributed by atoms with van der Waals surface area (Å²) in [6.07, 6.45) is -5.74. The Labute approximate surface area is 225 Å². The number of aliphatic hydroxyl groups is 3. The SMILES string of the molecule is CC(=O)O[C@@]12CO[C@@H]1CC(O)[C@@]1(C)C(=O)C(=O)C3=C(C)[C@@H](O)C[C@@](O)([C@@H](OC(=O)c4ccccc4)[C@H]21)C3(C)C. The molecule has 210 valence electrons. The molecule has 2 bridgehead atoms. The summed E-state index contributed by atoms with van der Waals surface area (Å²) < 4.78 is 17.6. The molecular formula is C29H34O10. The van der Waals surface area contributed by atoms with Crippen LogP contribution in [-0.4, -0.2) is 81.0 Å². The smallest absolute Gasteiger partial charge is 0.338 e. The second kappa shape index (κ2) is 8.79. The largest absolute Gasteiger partial charge is 0.455 e. The fourth-order valence-corrected chi connectivity index (χ4v) is 7.45. The number of fused-ring (bicyclic) bond motifs is 5. The highest BCUT2D eigenvalue weighted by Gasteiger charge is 2.78. The minimum absolute atomic E-state index is 0.0881. The van der Waals surface area contributed by atoms with Crippen LogP contribution >= 0.6 is 0 Å². The predicted molar refractivity (Wildman–Crippen MR) is 134 cm³/mol. The van der Waals surface area contributed by atoms with E-state index in [0.29, 0.717) is 0 Å². The summed E-state index contributed by atoms with van der Waals surface area (Å²) in [5.41, 5.74) is -6.86. The average Bonchev–Trinajstić information content (AvgIpc) is 2.87. The highest BCUT2D eigenvalue weighted by Crippen LogP contribution is 2.63. The number of benzene rings is 1. The minimum Gasteiger partial charge on any atom is -0.455 e. The van der Waals surface area contributed by atoms with Crippen LogP contribution < -0.4 is 0 Å². The van der Waals surface area contributed by atoms with Crippen LogP contribution in [0, 0.1) is 16.7 Å². The molecule has 1 aromatic rings. The molecule has 0 amide bonds. The van der Waals surface area contributed by atoms with Gasteiger partial charge >= 0.3 is 11.9 Å². The van der Waals surface area contributed by atoms with Crippen LogP contribution in [0.3, 0.4) is 0 Å². The summed E-state index contributed by atoms with van der Waals surface area (Å²) in [6.45, 7) is 7.00. The normalized spacial score (nSPS) is 40.9. The molecule has 4 aliphatic rings. The second-order valence-corrected chi connectivity index (χ2v) is 12.0. The zero-order chi connectivity index (χ0) is 28.7. The van der Waals surface area contributed by atoms with Gasteiger partial charge in [-0.15, -0.1) is 0 Å². The molecule has 5 rings (SSSR count). The van der Waals surface area contributed by atoms with E-state index in [0.717, 1.165) is 0 Å². The standard InChI is InChI=1S/C29H34O10/c1-14-17(31)12-29(36)24(38-25(35)16-9-7-6-8-10-16)22-27(5,23(34)21(33)20(14)26(29,3)4)18(32)11-19-28(22,13-37-19)39-15(2)30/h6-10,17-19,22,24,31-32,36H,11-13H2,1-5H3/t17-,18?,19+,22-,24-,27+,28-,29+/m0/s1. The number of esters is 2. The molecule has 0 spiro atoms. The molecule has 2 saturated carbocycles. The minimum atomic E-state index is -2.13. The number of rotatable bonds is 3. The Kier molecular flexibility index (Phi) is 6.23. The summed E-state index contributed by atoms with van der Waals surface area (Å²) in [5, 5.41) is 35.1. The lowest BCUT2D eigenvalue weighted by molar-refractivity contribution is -0.343. The Morgan fingerprint density at radius 3 is 2.28 bits per heavy atom. The van der Waals surface area contributed by atoms with Crippen molar-refractivity contribution in [2.75, 3.05) is 6.61 Å². The van der Waals surface area contributed by atoms with Crippen molar-refractivity contribution in [3.63, 3.8) is 0 Å². The van der Waals surface area contributed by atoms with Gasteiger partial charge in [0.05, 0.1) is 35.7 Å². The molecule has 1 aromatic carbocycles. The molecule has 0 radical (unpaired) electrons. The van der Waals surface area contributed by atoms with Gasteiger partial charge in [0.15, 0.2) is 5.60 Å². The highest BCUT2D eigenvalue weighted by molar-refractivity contribution is 6.46. The van der Waals surface area contributed by atoms with Gasteiger partial charge < -0.3 is 29.5 Å². The quantitative estimate of drug-likeness (QED) is 0.376. The van der Waals surface area contributed by atoms with Gasteiger partial charge in [-0.2, -0.15) is 0 Å². The number of ketones is 2. The van der Waals surface area contributed by atoms with Crippen molar-refractivity contribution in [2.24, 2.45) is 16.7 Å². The molecule has 1 heterocycles. The first kappa shape index (κ1) is 27.6. The van der Waals surface area contributed by atoms with E-state index < -0.39 is 75.9 Å². The van der Waals surface area contributed by atoms with E-state index in [2.05, 4.69) is 0 Å². The van der Waals surface area contributed by atoms with Crippen molar-refractivity contribution in [1.29, 1.82) is 0 Å². The molecule has 1 saturated heterocycles. The molecule has 10 nitrogen and oxygen atoms in total. The lowest BCUT2D eigenvalue weighted by atomic mass is 9.45. The number of hydrogen-bond acceptors (Lipinski definition) is 10. The fourth-order valence-electron chi connectivity index (χ4n) is 7.45. The summed E-state index contributed by atoms with van der Waals surface area (Å²) >= 11 is 0. The Morgan fingerprint density at radius 2 is 1.72 bits per heavy atom. The maximum atomic E-state index is 14.2. The maximum Gasteiger partial charge on any atom is 0.338 e. The zero-order valence-corrected chi connectivity index (χ0v) is 22.6. The third-order valence-corrected chi connectivity index (χ3v) is 9.74. The van der Waals surface area contributed by atoms with Crippen LogP contribution in [0.15, 0.2) is 41.5 Å². The fraction of sp³-hybridized carbons (Fsp3) is 0.586. The Morgan fingerprint density at radius 1 is 1.08 bits per heavy atom. The van der Waals surface area contributed by atoms with E-state index in [4.69, 9.17) is 14.2 Å². The van der Waals surface area contributed by atoms with Crippen LogP contribution in [-0.2, 0) is 28.6 Å². The maximum absolute atomic E-state index is 14.2. The molecule has 3 N–H and O–H groups in total. The summed E-state index contributed by atoms with van der Waals surface area (Å²) in [7, 11) is 0. The van der Waals surface area contributed by atoms with Crippen molar-refractivity contribution >= 4 is 23.5 Å². The highest BCUT2D eigenvalue weighted by atomic mass is 16.6. The number of carbonyl (C=O) groups excluding carboxylic acids is 4. The van der Waals surface area contributed by atoms with Crippen LogP contribution in [0.4, 0.5) is 0 Å². The van der Waals surface area contributed by atoms with Crippen molar-refractivity contribution in [2.45, 2.75) is 83.1 Å². The van der Waals surface area contributed by atoms with Gasteiger partial charge in [-0.25, -0.2) is 4.79 Å². The van der Waals surface area contributed by atoms with Crippen LogP contribution in [0.2, 0.25) is 0 Å². The van der Waals surface area contributed by atoms with E-state index >= 15 is 0 Å². The van der Waals surface area contributed by atoms with E-state index in [1.54, 1.807) is 32.0 Å². The molecule has 1 aliphatic heterocycles. The van der Waals surface area contributed by atoms with Crippen molar-refractivity contribution in [3.8, 4) is 0 Å². The lowest BCUT2D eigenvalue weighted by Gasteiger charge is -2.66.